The van der Waals surface area contributed by atoms with E-state index in [1.807, 2.05) is 0 Å². The largest absolute Gasteiger partial charge is 0.481 e. The van der Waals surface area contributed by atoms with Gasteiger partial charge in [-0.3, -0.25) is 9.59 Å². The molecule has 0 amide bonds. The summed E-state index contributed by atoms with van der Waals surface area (Å²) in [5.41, 5.74) is -1.35. The molecule has 0 aliphatic rings. The molecule has 4 N–H and O–H groups in total. The van der Waals surface area contributed by atoms with Gasteiger partial charge in [-0.1, -0.05) is 51.9 Å². The second-order valence-corrected chi connectivity index (χ2v) is 7.28. The molecule has 0 rings (SSSR count). The summed E-state index contributed by atoms with van der Waals surface area (Å²) in [6.45, 7) is 2.16. The summed E-state index contributed by atoms with van der Waals surface area (Å²) in [5, 5.41) is 8.56. The van der Waals surface area contributed by atoms with Gasteiger partial charge in [0.25, 0.3) is 0 Å². The Hall–Kier alpha value is -0.550. The van der Waals surface area contributed by atoms with E-state index in [2.05, 4.69) is 6.92 Å². The number of unbranched alkanes of at least 4 members (excludes halogenated alkanes) is 7. The number of carbonyl (C=O) groups excluding carboxylic acids is 1. The normalized spacial score (nSPS) is 13.1. The summed E-state index contributed by atoms with van der Waals surface area (Å²) in [4.78, 5) is 49.9. The van der Waals surface area contributed by atoms with E-state index in [1.54, 1.807) is 0 Å². The van der Waals surface area contributed by atoms with Crippen molar-refractivity contribution in [1.82, 2.24) is 0 Å². The molecule has 0 radical (unpaired) electrons. The summed E-state index contributed by atoms with van der Waals surface area (Å²) in [6.07, 6.45) is 7.67. The van der Waals surface area contributed by atoms with Crippen molar-refractivity contribution in [2.24, 2.45) is 0 Å². The van der Waals surface area contributed by atoms with E-state index < -0.39 is 31.8 Å². The number of carbonyl (C=O) groups is 2. The first-order chi connectivity index (χ1) is 9.79. The number of Topliss-reactive ketones (excluding diaryl/α,β-unsaturated/α-hetero) is 1. The van der Waals surface area contributed by atoms with Crippen molar-refractivity contribution in [3.63, 3.8) is 0 Å². The molecule has 0 saturated heterocycles. The molecule has 0 aliphatic carbocycles. The van der Waals surface area contributed by atoms with Crippen LogP contribution in [0.1, 0.15) is 71.1 Å². The van der Waals surface area contributed by atoms with Crippen LogP contribution in [0.3, 0.4) is 0 Å². The molecule has 1 unspecified atom stereocenters. The number of carboxylic acids is 1. The van der Waals surface area contributed by atoms with Crippen LogP contribution in [0.2, 0.25) is 0 Å². The molecule has 0 bridgehead atoms. The number of carboxylic acid groups (broad SMARTS) is 1. The molecule has 0 fully saturated rings. The van der Waals surface area contributed by atoms with E-state index >= 15 is 0 Å². The van der Waals surface area contributed by atoms with Gasteiger partial charge >= 0.3 is 13.9 Å². The van der Waals surface area contributed by atoms with Gasteiger partial charge < -0.3 is 5.11 Å². The average molecular weight is 323 g/mol. The molecule has 1 atom stereocenters. The Morgan fingerprint density at radius 3 is 1.81 bits per heavy atom. The molecule has 7 heteroatoms. The number of ketones is 1. The summed E-state index contributed by atoms with van der Waals surface area (Å²) in [5.74, 6) is -2.14. The van der Waals surface area contributed by atoms with Crippen molar-refractivity contribution >= 4 is 19.7 Å². The molecule has 0 spiro atoms. The minimum absolute atomic E-state index is 0.123. The van der Waals surface area contributed by atoms with Crippen molar-refractivity contribution in [3.05, 3.63) is 0 Å². The van der Waals surface area contributed by atoms with Gasteiger partial charge in [-0.05, 0) is 12.8 Å². The SMILES string of the molecule is CCCCCCCCCCC(C(=O)CC(=O)O)[P+](O)(O)O. The van der Waals surface area contributed by atoms with Crippen LogP contribution in [-0.4, -0.2) is 37.2 Å². The first kappa shape index (κ1) is 20.5. The van der Waals surface area contributed by atoms with Crippen molar-refractivity contribution in [2.75, 3.05) is 0 Å². The molecule has 6 nitrogen and oxygen atoms in total. The number of hydrogen-bond acceptors (Lipinski definition) is 5. The smallest absolute Gasteiger partial charge is 0.414 e. The fraction of sp³-hybridized carbons (Fsp3) is 0.857. The average Bonchev–Trinajstić information content (AvgIpc) is 2.34. The highest BCUT2D eigenvalue weighted by molar-refractivity contribution is 7.60. The van der Waals surface area contributed by atoms with Gasteiger partial charge in [0.2, 0.25) is 5.66 Å². The zero-order valence-electron chi connectivity index (χ0n) is 12.7. The summed E-state index contributed by atoms with van der Waals surface area (Å²) >= 11 is 0. The molecule has 0 aromatic rings. The quantitative estimate of drug-likeness (QED) is 0.235. The molecule has 0 saturated carbocycles. The van der Waals surface area contributed by atoms with E-state index in [-0.39, 0.29) is 6.42 Å². The minimum atomic E-state index is -4.32. The van der Waals surface area contributed by atoms with Gasteiger partial charge in [0.1, 0.15) is 6.42 Å². The zero-order chi connectivity index (χ0) is 16.3. The standard InChI is InChI=1S/C14H27O6P/c1-2-3-4-5-6-7-8-9-10-13(21(18,19)20)12(15)11-14(16)17/h13,18-20H,2-11H2,1H3/p+1. The molecular weight excluding hydrogens is 295 g/mol. The molecule has 0 aromatic carbocycles. The van der Waals surface area contributed by atoms with E-state index in [0.29, 0.717) is 6.42 Å². The Labute approximate surface area is 126 Å². The monoisotopic (exact) mass is 323 g/mol. The highest BCUT2D eigenvalue weighted by atomic mass is 31.2. The highest BCUT2D eigenvalue weighted by Gasteiger charge is 2.47. The van der Waals surface area contributed by atoms with E-state index in [0.717, 1.165) is 19.3 Å². The summed E-state index contributed by atoms with van der Waals surface area (Å²) in [7, 11) is -4.32. The number of hydrogen-bond donors (Lipinski definition) is 4. The van der Waals surface area contributed by atoms with Crippen molar-refractivity contribution in [1.29, 1.82) is 0 Å². The Bertz CT molecular complexity index is 313. The van der Waals surface area contributed by atoms with Gasteiger partial charge in [-0.25, -0.2) is 0 Å². The van der Waals surface area contributed by atoms with Gasteiger partial charge in [0.15, 0.2) is 5.78 Å². The molecule has 21 heavy (non-hydrogen) atoms. The van der Waals surface area contributed by atoms with Crippen LogP contribution in [0, 0.1) is 0 Å². The third-order valence-electron chi connectivity index (χ3n) is 3.45. The van der Waals surface area contributed by atoms with Crippen LogP contribution in [0.4, 0.5) is 0 Å². The predicted molar refractivity (Wildman–Crippen MR) is 81.9 cm³/mol. The zero-order valence-corrected chi connectivity index (χ0v) is 13.6. The van der Waals surface area contributed by atoms with Gasteiger partial charge in [0.05, 0.1) is 0 Å². The third-order valence-corrected chi connectivity index (χ3v) is 4.83. The molecular formula is C14H28O6P+. The summed E-state index contributed by atoms with van der Waals surface area (Å²) < 4.78 is 0. The Kier molecular flexibility index (Phi) is 10.8. The fourth-order valence-electron chi connectivity index (χ4n) is 2.27. The Morgan fingerprint density at radius 1 is 0.905 bits per heavy atom. The van der Waals surface area contributed by atoms with Crippen molar-refractivity contribution in [2.45, 2.75) is 76.8 Å². The molecule has 124 valence electrons. The molecule has 0 aromatic heterocycles. The first-order valence-electron chi connectivity index (χ1n) is 7.60. The van der Waals surface area contributed by atoms with Gasteiger partial charge in [-0.2, -0.15) is 14.7 Å². The van der Waals surface area contributed by atoms with Crippen LogP contribution >= 0.6 is 7.94 Å². The summed E-state index contributed by atoms with van der Waals surface area (Å²) in [6, 6.07) is 0. The van der Waals surface area contributed by atoms with Crippen molar-refractivity contribution in [3.8, 4) is 0 Å². The third kappa shape index (κ3) is 10.8. The molecule has 0 heterocycles. The fourth-order valence-corrected chi connectivity index (χ4v) is 3.27. The van der Waals surface area contributed by atoms with Crippen LogP contribution < -0.4 is 0 Å². The molecule has 0 aliphatic heterocycles. The number of rotatable bonds is 13. The van der Waals surface area contributed by atoms with E-state index in [1.165, 1.54) is 25.7 Å². The number of aliphatic carboxylic acids is 1. The topological polar surface area (TPSA) is 115 Å². The van der Waals surface area contributed by atoms with Crippen LogP contribution in [0.25, 0.3) is 0 Å². The maximum absolute atomic E-state index is 11.6. The van der Waals surface area contributed by atoms with Crippen LogP contribution in [0.15, 0.2) is 0 Å². The minimum Gasteiger partial charge on any atom is -0.481 e. The maximum atomic E-state index is 11.6. The second kappa shape index (κ2) is 11.1. The lowest BCUT2D eigenvalue weighted by Crippen LogP contribution is -2.26. The second-order valence-electron chi connectivity index (χ2n) is 5.43. The van der Waals surface area contributed by atoms with Gasteiger partial charge in [0, 0.05) is 0 Å². The van der Waals surface area contributed by atoms with E-state index in [4.69, 9.17) is 5.11 Å². The Balaban J connectivity index is 3.98. The lowest BCUT2D eigenvalue weighted by molar-refractivity contribution is -0.140. The van der Waals surface area contributed by atoms with Crippen molar-refractivity contribution < 1.29 is 29.4 Å². The predicted octanol–water partition coefficient (Wildman–Crippen LogP) is 2.67. The van der Waals surface area contributed by atoms with Crippen LogP contribution in [-0.2, 0) is 9.59 Å². The van der Waals surface area contributed by atoms with Crippen LogP contribution in [0.5, 0.6) is 0 Å². The maximum Gasteiger partial charge on any atom is 0.414 e. The Morgan fingerprint density at radius 2 is 1.38 bits per heavy atom. The lowest BCUT2D eigenvalue weighted by Gasteiger charge is -2.15. The first-order valence-corrected chi connectivity index (χ1v) is 9.32. The van der Waals surface area contributed by atoms with E-state index in [9.17, 15) is 24.3 Å². The van der Waals surface area contributed by atoms with Gasteiger partial charge in [-0.15, -0.1) is 0 Å². The highest BCUT2D eigenvalue weighted by Crippen LogP contribution is 2.52. The lowest BCUT2D eigenvalue weighted by atomic mass is 10.0.